The Kier molecular flexibility index (Phi) is 7.09. The van der Waals surface area contributed by atoms with Crippen molar-refractivity contribution in [2.24, 2.45) is 15.3 Å². The van der Waals surface area contributed by atoms with Crippen molar-refractivity contribution in [2.45, 2.75) is 18.7 Å². The minimum atomic E-state index is -3.89. The molecule has 0 fully saturated rings. The van der Waals surface area contributed by atoms with Crippen molar-refractivity contribution < 1.29 is 8.42 Å². The molecule has 0 saturated carbocycles. The summed E-state index contributed by atoms with van der Waals surface area (Å²) in [6.45, 7) is 0.869. The maximum Gasteiger partial charge on any atom is 0.318 e. The largest absolute Gasteiger partial charge is 0.386 e. The summed E-state index contributed by atoms with van der Waals surface area (Å²) in [6, 6.07) is 4.06. The van der Waals surface area contributed by atoms with E-state index in [0.717, 1.165) is 18.0 Å². The van der Waals surface area contributed by atoms with E-state index in [1.165, 1.54) is 5.56 Å². The predicted molar refractivity (Wildman–Crippen MR) is 87.1 cm³/mol. The lowest BCUT2D eigenvalue weighted by atomic mass is 10.2. The number of amidine groups is 1. The molecule has 0 spiro atoms. The molecule has 0 aromatic carbocycles. The summed E-state index contributed by atoms with van der Waals surface area (Å²) in [5.41, 5.74) is 7.67. The molecule has 0 aliphatic heterocycles. The number of hydrogen-bond donors (Lipinski definition) is 2. The summed E-state index contributed by atoms with van der Waals surface area (Å²) < 4.78 is 24.6. The third kappa shape index (κ3) is 8.66. The molecule has 1 aromatic rings. The molecular formula is C12H21N5O2S2. The molecular weight excluding hydrogens is 310 g/mol. The van der Waals surface area contributed by atoms with Crippen LogP contribution in [0.25, 0.3) is 0 Å². The molecule has 0 bridgehead atoms. The van der Waals surface area contributed by atoms with Gasteiger partial charge in [-0.2, -0.15) is 20.2 Å². The predicted octanol–water partition coefficient (Wildman–Crippen LogP) is 0.327. The number of rotatable bonds is 8. The van der Waals surface area contributed by atoms with Gasteiger partial charge >= 0.3 is 10.2 Å². The van der Waals surface area contributed by atoms with Gasteiger partial charge in [0.15, 0.2) is 0 Å². The third-order valence-electron chi connectivity index (χ3n) is 2.38. The minimum absolute atomic E-state index is 0.0271. The van der Waals surface area contributed by atoms with Crippen molar-refractivity contribution in [1.82, 2.24) is 9.88 Å². The lowest BCUT2D eigenvalue weighted by Gasteiger charge is -2.10. The van der Waals surface area contributed by atoms with E-state index in [1.54, 1.807) is 18.0 Å². The summed E-state index contributed by atoms with van der Waals surface area (Å²) in [6.07, 6.45) is 2.17. The fourth-order valence-corrected chi connectivity index (χ4v) is 2.92. The van der Waals surface area contributed by atoms with Crippen molar-refractivity contribution >= 4 is 27.8 Å². The van der Waals surface area contributed by atoms with E-state index in [2.05, 4.69) is 20.3 Å². The summed E-state index contributed by atoms with van der Waals surface area (Å²) in [5.74, 6) is 1.42. The molecule has 0 atom stereocenters. The molecule has 0 saturated heterocycles. The molecule has 0 amide bonds. The van der Waals surface area contributed by atoms with Crippen molar-refractivity contribution in [3.63, 3.8) is 0 Å². The van der Waals surface area contributed by atoms with E-state index in [-0.39, 0.29) is 5.84 Å². The van der Waals surface area contributed by atoms with Gasteiger partial charge in [-0.05, 0) is 31.8 Å². The first-order valence-electron chi connectivity index (χ1n) is 6.29. The zero-order valence-electron chi connectivity index (χ0n) is 12.2. The van der Waals surface area contributed by atoms with Crippen LogP contribution in [0.2, 0.25) is 0 Å². The van der Waals surface area contributed by atoms with Gasteiger partial charge in [0.2, 0.25) is 0 Å². The van der Waals surface area contributed by atoms with Crippen LogP contribution < -0.4 is 10.9 Å². The number of pyridine rings is 1. The molecule has 118 valence electrons. The first kappa shape index (κ1) is 17.9. The average Bonchev–Trinajstić information content (AvgIpc) is 2.32. The fourth-order valence-electron chi connectivity index (χ4n) is 1.63. The normalized spacial score (nSPS) is 12.9. The lowest BCUT2D eigenvalue weighted by molar-refractivity contribution is 0.402. The maximum atomic E-state index is 10.7. The molecule has 21 heavy (non-hydrogen) atoms. The Morgan fingerprint density at radius 1 is 1.48 bits per heavy atom. The van der Waals surface area contributed by atoms with E-state index >= 15 is 0 Å². The van der Waals surface area contributed by atoms with Gasteiger partial charge in [0.25, 0.3) is 0 Å². The standard InChI is InChI=1S/C12H21N5O2S2/c1-17(2)8-10-3-5-15-11(7-10)9-20-6-4-12(13)16-21(14,18)19/h3,5,7H,4,6,8-9H2,1-2H3,(H2,13,16)(H2,14,18,19). The lowest BCUT2D eigenvalue weighted by Crippen LogP contribution is -2.19. The van der Waals surface area contributed by atoms with Crippen LogP contribution in [0.5, 0.6) is 0 Å². The Labute approximate surface area is 130 Å². The van der Waals surface area contributed by atoms with Crippen LogP contribution in [-0.2, 0) is 22.5 Å². The second-order valence-corrected chi connectivity index (χ2v) is 7.11. The fraction of sp³-hybridized carbons (Fsp3) is 0.500. The summed E-state index contributed by atoms with van der Waals surface area (Å²) >= 11 is 1.62. The highest BCUT2D eigenvalue weighted by molar-refractivity contribution is 7.98. The Hall–Kier alpha value is -1.16. The summed E-state index contributed by atoms with van der Waals surface area (Å²) in [7, 11) is 0.140. The van der Waals surface area contributed by atoms with Gasteiger partial charge in [0.05, 0.1) is 5.69 Å². The zero-order valence-corrected chi connectivity index (χ0v) is 13.8. The number of hydrogen-bond acceptors (Lipinski definition) is 5. The monoisotopic (exact) mass is 331 g/mol. The van der Waals surface area contributed by atoms with Crippen LogP contribution in [0.4, 0.5) is 0 Å². The van der Waals surface area contributed by atoms with E-state index < -0.39 is 10.2 Å². The third-order valence-corrected chi connectivity index (χ3v) is 3.86. The summed E-state index contributed by atoms with van der Waals surface area (Å²) in [5, 5.41) is 4.77. The second-order valence-electron chi connectivity index (χ2n) is 4.79. The van der Waals surface area contributed by atoms with E-state index in [0.29, 0.717) is 12.2 Å². The van der Waals surface area contributed by atoms with Crippen LogP contribution in [0, 0.1) is 0 Å². The van der Waals surface area contributed by atoms with Gasteiger partial charge in [-0.25, -0.2) is 5.14 Å². The SMILES string of the molecule is CN(C)Cc1ccnc(CSCC/C(N)=N/S(N)(=O)=O)c1. The highest BCUT2D eigenvalue weighted by atomic mass is 32.2. The van der Waals surface area contributed by atoms with Crippen LogP contribution >= 0.6 is 11.8 Å². The number of nitrogens with two attached hydrogens (primary N) is 2. The van der Waals surface area contributed by atoms with Gasteiger partial charge in [-0.1, -0.05) is 0 Å². The van der Waals surface area contributed by atoms with Gasteiger partial charge < -0.3 is 10.6 Å². The molecule has 1 rings (SSSR count). The Bertz CT molecular complexity index is 587. The molecule has 1 heterocycles. The van der Waals surface area contributed by atoms with Gasteiger partial charge in [-0.3, -0.25) is 4.98 Å². The molecule has 7 nitrogen and oxygen atoms in total. The highest BCUT2D eigenvalue weighted by Crippen LogP contribution is 2.13. The molecule has 0 aliphatic carbocycles. The van der Waals surface area contributed by atoms with E-state index in [1.807, 2.05) is 20.2 Å². The molecule has 0 aliphatic rings. The first-order chi connectivity index (χ1) is 9.76. The summed E-state index contributed by atoms with van der Waals surface area (Å²) in [4.78, 5) is 6.40. The zero-order chi connectivity index (χ0) is 15.9. The quantitative estimate of drug-likeness (QED) is 0.403. The van der Waals surface area contributed by atoms with Crippen molar-refractivity contribution in [2.75, 3.05) is 19.8 Å². The van der Waals surface area contributed by atoms with Crippen LogP contribution in [-0.4, -0.2) is 44.0 Å². The molecule has 9 heteroatoms. The molecule has 4 N–H and O–H groups in total. The van der Waals surface area contributed by atoms with Crippen LogP contribution in [0.1, 0.15) is 17.7 Å². The van der Waals surface area contributed by atoms with Gasteiger partial charge in [-0.15, -0.1) is 4.40 Å². The Balaban J connectivity index is 2.41. The highest BCUT2D eigenvalue weighted by Gasteiger charge is 2.03. The second kappa shape index (κ2) is 8.32. The van der Waals surface area contributed by atoms with E-state index in [4.69, 9.17) is 10.9 Å². The van der Waals surface area contributed by atoms with Gasteiger partial charge in [0.1, 0.15) is 5.84 Å². The van der Waals surface area contributed by atoms with Crippen LogP contribution in [0.15, 0.2) is 22.7 Å². The van der Waals surface area contributed by atoms with Crippen LogP contribution in [0.3, 0.4) is 0 Å². The number of aromatic nitrogens is 1. The molecule has 0 unspecified atom stereocenters. The van der Waals surface area contributed by atoms with Crippen molar-refractivity contribution in [3.8, 4) is 0 Å². The number of thioether (sulfide) groups is 1. The first-order valence-corrected chi connectivity index (χ1v) is 8.95. The smallest absolute Gasteiger partial charge is 0.318 e. The van der Waals surface area contributed by atoms with Crippen molar-refractivity contribution in [3.05, 3.63) is 29.6 Å². The Morgan fingerprint density at radius 3 is 2.81 bits per heavy atom. The molecule has 1 aromatic heterocycles. The molecule has 0 radical (unpaired) electrons. The van der Waals surface area contributed by atoms with Gasteiger partial charge in [0, 0.05) is 30.7 Å². The van der Waals surface area contributed by atoms with E-state index in [9.17, 15) is 8.42 Å². The average molecular weight is 331 g/mol. The maximum absolute atomic E-state index is 10.7. The number of nitrogens with zero attached hydrogens (tertiary/aromatic N) is 3. The Morgan fingerprint density at radius 2 is 2.19 bits per heavy atom. The topological polar surface area (TPSA) is 115 Å². The van der Waals surface area contributed by atoms with Crippen molar-refractivity contribution in [1.29, 1.82) is 0 Å². The minimum Gasteiger partial charge on any atom is -0.386 e.